The molecule has 0 spiro atoms. The molecule has 4 nitrogen and oxygen atoms in total. The van der Waals surface area contributed by atoms with Gasteiger partial charge in [-0.05, 0) is 32.6 Å². The topological polar surface area (TPSA) is 52.6 Å². The molecule has 0 fully saturated rings. The predicted octanol–water partition coefficient (Wildman–Crippen LogP) is 2.89. The highest BCUT2D eigenvalue weighted by atomic mass is 16.6. The molecular formula is C15H24O4. The fraction of sp³-hybridized carbons (Fsp3) is 0.600. The average Bonchev–Trinajstić information content (AvgIpc) is 2.38. The summed E-state index contributed by atoms with van der Waals surface area (Å²) in [5.74, 6) is -1.11. The number of hydrogen-bond donors (Lipinski definition) is 0. The van der Waals surface area contributed by atoms with Gasteiger partial charge in [-0.25, -0.2) is 0 Å². The third-order valence-electron chi connectivity index (χ3n) is 2.90. The maximum absolute atomic E-state index is 12.2. The van der Waals surface area contributed by atoms with E-state index in [4.69, 9.17) is 9.47 Å². The number of ether oxygens (including phenoxy) is 2. The van der Waals surface area contributed by atoms with E-state index < -0.39 is 17.4 Å². The Morgan fingerprint density at radius 2 is 1.63 bits per heavy atom. The number of allylic oxidation sites excluding steroid dienone is 2. The summed E-state index contributed by atoms with van der Waals surface area (Å²) in [7, 11) is 0. The van der Waals surface area contributed by atoms with Crippen molar-refractivity contribution in [3.63, 3.8) is 0 Å². The van der Waals surface area contributed by atoms with Crippen molar-refractivity contribution in [2.45, 2.75) is 33.6 Å². The molecule has 0 aliphatic carbocycles. The zero-order chi connectivity index (χ0) is 14.9. The van der Waals surface area contributed by atoms with Gasteiger partial charge in [-0.3, -0.25) is 9.59 Å². The molecule has 19 heavy (non-hydrogen) atoms. The number of rotatable bonds is 9. The normalized spacial score (nSPS) is 12.4. The Hall–Kier alpha value is -1.58. The molecule has 0 saturated carbocycles. The highest BCUT2D eigenvalue weighted by Crippen LogP contribution is 2.34. The zero-order valence-corrected chi connectivity index (χ0v) is 12.1. The van der Waals surface area contributed by atoms with Gasteiger partial charge < -0.3 is 9.47 Å². The maximum atomic E-state index is 12.2. The van der Waals surface area contributed by atoms with Crippen molar-refractivity contribution in [2.75, 3.05) is 13.2 Å². The van der Waals surface area contributed by atoms with E-state index in [1.807, 2.05) is 6.92 Å². The molecule has 108 valence electrons. The van der Waals surface area contributed by atoms with Crippen LogP contribution in [0, 0.1) is 11.3 Å². The summed E-state index contributed by atoms with van der Waals surface area (Å²) in [6.45, 7) is 13.1. The maximum Gasteiger partial charge on any atom is 0.323 e. The molecule has 1 unspecified atom stereocenters. The smallest absolute Gasteiger partial charge is 0.323 e. The van der Waals surface area contributed by atoms with Crippen LogP contribution in [0.25, 0.3) is 0 Å². The van der Waals surface area contributed by atoms with Crippen molar-refractivity contribution in [3.8, 4) is 0 Å². The van der Waals surface area contributed by atoms with E-state index in [1.165, 1.54) is 0 Å². The summed E-state index contributed by atoms with van der Waals surface area (Å²) in [6.07, 6.45) is 3.75. The predicted molar refractivity (Wildman–Crippen MR) is 74.5 cm³/mol. The fourth-order valence-corrected chi connectivity index (χ4v) is 1.92. The Balaban J connectivity index is 5.43. The second-order valence-electron chi connectivity index (χ2n) is 4.43. The van der Waals surface area contributed by atoms with Gasteiger partial charge in [0.25, 0.3) is 0 Å². The molecule has 0 aromatic rings. The molecule has 0 radical (unpaired) electrons. The summed E-state index contributed by atoms with van der Waals surface area (Å²) in [5, 5.41) is 0. The number of hydrogen-bond acceptors (Lipinski definition) is 4. The van der Waals surface area contributed by atoms with Crippen molar-refractivity contribution in [3.05, 3.63) is 25.3 Å². The van der Waals surface area contributed by atoms with E-state index in [0.717, 1.165) is 0 Å². The summed E-state index contributed by atoms with van der Waals surface area (Å²) in [6, 6.07) is 0. The Bertz CT molecular complexity index is 315. The second-order valence-corrected chi connectivity index (χ2v) is 4.43. The van der Waals surface area contributed by atoms with Crippen molar-refractivity contribution in [2.24, 2.45) is 11.3 Å². The van der Waals surface area contributed by atoms with Gasteiger partial charge in [0.15, 0.2) is 5.41 Å². The molecule has 0 aliphatic rings. The van der Waals surface area contributed by atoms with Crippen LogP contribution in [0.1, 0.15) is 33.6 Å². The van der Waals surface area contributed by atoms with Crippen molar-refractivity contribution >= 4 is 11.9 Å². The highest BCUT2D eigenvalue weighted by molar-refractivity contribution is 6.00. The van der Waals surface area contributed by atoms with Crippen molar-refractivity contribution < 1.29 is 19.1 Å². The SMILES string of the molecule is C=CCC(CC(C)C=C)(C(=O)OCC)C(=O)OCC. The largest absolute Gasteiger partial charge is 0.465 e. The van der Waals surface area contributed by atoms with Crippen LogP contribution in [-0.2, 0) is 19.1 Å². The number of carbonyl (C=O) groups excluding carboxylic acids is 2. The van der Waals surface area contributed by atoms with Crippen LogP contribution in [0.3, 0.4) is 0 Å². The first-order valence-corrected chi connectivity index (χ1v) is 6.56. The minimum absolute atomic E-state index is 0.00578. The monoisotopic (exact) mass is 268 g/mol. The Morgan fingerprint density at radius 3 is 1.95 bits per heavy atom. The lowest BCUT2D eigenvalue weighted by molar-refractivity contribution is -0.173. The van der Waals surface area contributed by atoms with Crippen LogP contribution in [-0.4, -0.2) is 25.2 Å². The minimum Gasteiger partial charge on any atom is -0.465 e. The highest BCUT2D eigenvalue weighted by Gasteiger charge is 2.48. The number of esters is 2. The molecule has 0 amide bonds. The van der Waals surface area contributed by atoms with Gasteiger partial charge in [0.2, 0.25) is 0 Å². The molecule has 0 aromatic carbocycles. The lowest BCUT2D eigenvalue weighted by Gasteiger charge is -2.29. The molecule has 4 heteroatoms. The minimum atomic E-state index is -1.32. The van der Waals surface area contributed by atoms with Gasteiger partial charge in [0.1, 0.15) is 0 Å². The molecule has 0 bridgehead atoms. The zero-order valence-electron chi connectivity index (χ0n) is 12.1. The molecule has 0 heterocycles. The first-order chi connectivity index (χ1) is 8.98. The molecule has 0 aromatic heterocycles. The Kier molecular flexibility index (Phi) is 7.80. The Labute approximate surface area is 115 Å². The van der Waals surface area contributed by atoms with Gasteiger partial charge in [-0.15, -0.1) is 13.2 Å². The number of carbonyl (C=O) groups is 2. The standard InChI is InChI=1S/C15H24O4/c1-6-10-15(11-12(5)7-2,13(16)18-8-3)14(17)19-9-4/h6-7,12H,1-2,8-11H2,3-5H3. The fourth-order valence-electron chi connectivity index (χ4n) is 1.92. The van der Waals surface area contributed by atoms with E-state index >= 15 is 0 Å². The first kappa shape index (κ1) is 17.4. The second kappa shape index (κ2) is 8.51. The van der Waals surface area contributed by atoms with Crippen molar-refractivity contribution in [1.82, 2.24) is 0 Å². The Morgan fingerprint density at radius 1 is 1.16 bits per heavy atom. The van der Waals surface area contributed by atoms with E-state index in [2.05, 4.69) is 13.2 Å². The van der Waals surface area contributed by atoms with E-state index in [-0.39, 0.29) is 25.6 Å². The van der Waals surface area contributed by atoms with Gasteiger partial charge in [0, 0.05) is 0 Å². The van der Waals surface area contributed by atoms with Crippen LogP contribution in [0.4, 0.5) is 0 Å². The average molecular weight is 268 g/mol. The quantitative estimate of drug-likeness (QED) is 0.366. The lowest BCUT2D eigenvalue weighted by atomic mass is 9.76. The summed E-state index contributed by atoms with van der Waals surface area (Å²) in [5.41, 5.74) is -1.32. The summed E-state index contributed by atoms with van der Waals surface area (Å²) in [4.78, 5) is 24.4. The summed E-state index contributed by atoms with van der Waals surface area (Å²) >= 11 is 0. The van der Waals surface area contributed by atoms with Gasteiger partial charge in [-0.2, -0.15) is 0 Å². The van der Waals surface area contributed by atoms with Gasteiger partial charge in [-0.1, -0.05) is 19.1 Å². The molecule has 0 rings (SSSR count). The van der Waals surface area contributed by atoms with Crippen LogP contribution in [0.5, 0.6) is 0 Å². The third-order valence-corrected chi connectivity index (χ3v) is 2.90. The van der Waals surface area contributed by atoms with E-state index in [1.54, 1.807) is 26.0 Å². The van der Waals surface area contributed by atoms with Crippen molar-refractivity contribution in [1.29, 1.82) is 0 Å². The van der Waals surface area contributed by atoms with E-state index in [0.29, 0.717) is 6.42 Å². The molecule has 0 aliphatic heterocycles. The third kappa shape index (κ3) is 4.54. The van der Waals surface area contributed by atoms with Crippen LogP contribution >= 0.6 is 0 Å². The van der Waals surface area contributed by atoms with Crippen LogP contribution in [0.15, 0.2) is 25.3 Å². The molecule has 0 N–H and O–H groups in total. The van der Waals surface area contributed by atoms with Crippen LogP contribution < -0.4 is 0 Å². The van der Waals surface area contributed by atoms with E-state index in [9.17, 15) is 9.59 Å². The molecule has 0 saturated heterocycles. The van der Waals surface area contributed by atoms with Gasteiger partial charge in [0.05, 0.1) is 13.2 Å². The van der Waals surface area contributed by atoms with Gasteiger partial charge >= 0.3 is 11.9 Å². The molecule has 1 atom stereocenters. The first-order valence-electron chi connectivity index (χ1n) is 6.56. The summed E-state index contributed by atoms with van der Waals surface area (Å²) < 4.78 is 10.1. The lowest BCUT2D eigenvalue weighted by Crippen LogP contribution is -2.43. The molecular weight excluding hydrogens is 244 g/mol. The van der Waals surface area contributed by atoms with Crippen LogP contribution in [0.2, 0.25) is 0 Å².